The van der Waals surface area contributed by atoms with Gasteiger partial charge < -0.3 is 10.2 Å². The van der Waals surface area contributed by atoms with Gasteiger partial charge in [-0.15, -0.1) is 0 Å². The Balaban J connectivity index is 2.44. The molecule has 3 heteroatoms. The van der Waals surface area contributed by atoms with Gasteiger partial charge in [0, 0.05) is 19.6 Å². The molecule has 1 fully saturated rings. The number of amides is 2. The van der Waals surface area contributed by atoms with Crippen LogP contribution in [0.2, 0.25) is 0 Å². The Bertz CT molecular complexity index is 124. The highest BCUT2D eigenvalue weighted by molar-refractivity contribution is 5.76. The molecule has 3 nitrogen and oxygen atoms in total. The lowest BCUT2D eigenvalue weighted by molar-refractivity contribution is 0.226. The summed E-state index contributed by atoms with van der Waals surface area (Å²) in [6.07, 6.45) is 1.02. The summed E-state index contributed by atoms with van der Waals surface area (Å²) < 4.78 is 0. The molecule has 9 heavy (non-hydrogen) atoms. The first-order valence-electron chi connectivity index (χ1n) is 3.25. The van der Waals surface area contributed by atoms with Crippen LogP contribution in [0.5, 0.6) is 0 Å². The summed E-state index contributed by atoms with van der Waals surface area (Å²) in [5.74, 6) is 0. The molecule has 0 spiro atoms. The summed E-state index contributed by atoms with van der Waals surface area (Å²) >= 11 is 0. The van der Waals surface area contributed by atoms with E-state index in [0.29, 0.717) is 6.04 Å². The summed E-state index contributed by atoms with van der Waals surface area (Å²) in [7, 11) is 1.81. The van der Waals surface area contributed by atoms with Crippen LogP contribution in [-0.4, -0.2) is 30.6 Å². The second-order valence-electron chi connectivity index (χ2n) is 2.44. The third-order valence-electron chi connectivity index (χ3n) is 1.66. The Morgan fingerprint density at radius 3 is 2.78 bits per heavy atom. The minimum absolute atomic E-state index is 0.0573. The molecular weight excluding hydrogens is 116 g/mol. The predicted molar refractivity (Wildman–Crippen MR) is 35.2 cm³/mol. The molecule has 1 atom stereocenters. The predicted octanol–water partition coefficient (Wildman–Crippen LogP) is 0.420. The molecule has 1 heterocycles. The number of nitrogens with zero attached hydrogens (tertiary/aromatic N) is 1. The highest BCUT2D eigenvalue weighted by Crippen LogP contribution is 2.02. The van der Waals surface area contributed by atoms with E-state index in [1.165, 1.54) is 0 Å². The van der Waals surface area contributed by atoms with Gasteiger partial charge in [0.05, 0.1) is 0 Å². The van der Waals surface area contributed by atoms with Crippen molar-refractivity contribution in [2.75, 3.05) is 13.6 Å². The molecule has 1 aliphatic rings. The minimum atomic E-state index is 0.0573. The van der Waals surface area contributed by atoms with E-state index in [1.54, 1.807) is 4.90 Å². The van der Waals surface area contributed by atoms with Gasteiger partial charge in [0.2, 0.25) is 0 Å². The maximum Gasteiger partial charge on any atom is 0.317 e. The molecule has 1 rings (SSSR count). The summed E-state index contributed by atoms with van der Waals surface area (Å²) in [5, 5.41) is 2.84. The number of rotatable bonds is 1. The van der Waals surface area contributed by atoms with E-state index in [-0.39, 0.29) is 6.03 Å². The van der Waals surface area contributed by atoms with Gasteiger partial charge in [0.1, 0.15) is 0 Å². The molecule has 0 aromatic rings. The average molecular weight is 128 g/mol. The fourth-order valence-corrected chi connectivity index (χ4v) is 0.975. The highest BCUT2D eigenvalue weighted by Gasteiger charge is 2.23. The van der Waals surface area contributed by atoms with Crippen molar-refractivity contribution in [1.82, 2.24) is 10.2 Å². The third kappa shape index (κ3) is 1.15. The normalized spacial score (nSPS) is 26.7. The summed E-state index contributed by atoms with van der Waals surface area (Å²) in [6.45, 7) is 2.93. The average Bonchev–Trinajstić information content (AvgIpc) is 2.13. The SMILES string of the molecule is CC[C@@H]1CN(C)C(=O)N1. The fraction of sp³-hybridized carbons (Fsp3) is 0.833. The zero-order valence-electron chi connectivity index (χ0n) is 5.85. The molecule has 52 valence electrons. The van der Waals surface area contributed by atoms with E-state index in [1.807, 2.05) is 7.05 Å². The van der Waals surface area contributed by atoms with Gasteiger partial charge in [-0.3, -0.25) is 0 Å². The van der Waals surface area contributed by atoms with Crippen LogP contribution in [0.3, 0.4) is 0 Å². The lowest BCUT2D eigenvalue weighted by atomic mass is 10.2. The highest BCUT2D eigenvalue weighted by atomic mass is 16.2. The van der Waals surface area contributed by atoms with E-state index < -0.39 is 0 Å². The smallest absolute Gasteiger partial charge is 0.317 e. The monoisotopic (exact) mass is 128 g/mol. The second kappa shape index (κ2) is 2.25. The van der Waals surface area contributed by atoms with Gasteiger partial charge in [-0.25, -0.2) is 4.79 Å². The van der Waals surface area contributed by atoms with Crippen LogP contribution in [0.15, 0.2) is 0 Å². The molecule has 0 aromatic carbocycles. The number of hydrogen-bond donors (Lipinski definition) is 1. The van der Waals surface area contributed by atoms with E-state index in [4.69, 9.17) is 0 Å². The van der Waals surface area contributed by atoms with Crippen LogP contribution < -0.4 is 5.32 Å². The first-order chi connectivity index (χ1) is 4.24. The summed E-state index contributed by atoms with van der Waals surface area (Å²) in [4.78, 5) is 12.5. The minimum Gasteiger partial charge on any atom is -0.333 e. The van der Waals surface area contributed by atoms with Gasteiger partial charge in [-0.1, -0.05) is 6.92 Å². The Kier molecular flexibility index (Phi) is 1.60. The van der Waals surface area contributed by atoms with Crippen LogP contribution in [0.25, 0.3) is 0 Å². The van der Waals surface area contributed by atoms with E-state index in [2.05, 4.69) is 12.2 Å². The van der Waals surface area contributed by atoms with Crippen molar-refractivity contribution in [3.63, 3.8) is 0 Å². The number of urea groups is 1. The van der Waals surface area contributed by atoms with Crippen LogP contribution in [0, 0.1) is 0 Å². The van der Waals surface area contributed by atoms with Gasteiger partial charge in [0.25, 0.3) is 0 Å². The topological polar surface area (TPSA) is 32.3 Å². The zero-order chi connectivity index (χ0) is 6.85. The van der Waals surface area contributed by atoms with Crippen molar-refractivity contribution < 1.29 is 4.79 Å². The second-order valence-corrected chi connectivity index (χ2v) is 2.44. The molecule has 1 saturated heterocycles. The van der Waals surface area contributed by atoms with Crippen LogP contribution in [0.4, 0.5) is 4.79 Å². The summed E-state index contributed by atoms with van der Waals surface area (Å²) in [5.41, 5.74) is 0. The van der Waals surface area contributed by atoms with Crippen LogP contribution >= 0.6 is 0 Å². The number of hydrogen-bond acceptors (Lipinski definition) is 1. The lowest BCUT2D eigenvalue weighted by Gasteiger charge is -2.03. The maximum atomic E-state index is 10.8. The first kappa shape index (κ1) is 6.39. The Morgan fingerprint density at radius 2 is 2.56 bits per heavy atom. The van der Waals surface area contributed by atoms with E-state index >= 15 is 0 Å². The van der Waals surface area contributed by atoms with Crippen molar-refractivity contribution >= 4 is 6.03 Å². The quantitative estimate of drug-likeness (QED) is 0.545. The Morgan fingerprint density at radius 1 is 1.89 bits per heavy atom. The molecular formula is C6H12N2O. The Hall–Kier alpha value is -0.730. The molecule has 1 aliphatic heterocycles. The standard InChI is InChI=1S/C6H12N2O/c1-3-5-4-8(2)6(9)7-5/h5H,3-4H2,1-2H3,(H,7,9)/t5-/m1/s1. The number of carbonyl (C=O) groups is 1. The molecule has 0 aliphatic carbocycles. The molecule has 0 radical (unpaired) electrons. The number of nitrogens with one attached hydrogen (secondary N) is 1. The van der Waals surface area contributed by atoms with Gasteiger partial charge >= 0.3 is 6.03 Å². The summed E-state index contributed by atoms with van der Waals surface area (Å²) in [6, 6.07) is 0.435. The lowest BCUT2D eigenvalue weighted by Crippen LogP contribution is -2.26. The largest absolute Gasteiger partial charge is 0.333 e. The van der Waals surface area contributed by atoms with Crippen molar-refractivity contribution in [2.24, 2.45) is 0 Å². The maximum absolute atomic E-state index is 10.8. The van der Waals surface area contributed by atoms with Crippen molar-refractivity contribution in [3.8, 4) is 0 Å². The van der Waals surface area contributed by atoms with Gasteiger partial charge in [-0.2, -0.15) is 0 Å². The molecule has 0 aromatic heterocycles. The Labute approximate surface area is 55.0 Å². The fourth-order valence-electron chi connectivity index (χ4n) is 0.975. The molecule has 1 N–H and O–H groups in total. The van der Waals surface area contributed by atoms with Crippen molar-refractivity contribution in [3.05, 3.63) is 0 Å². The number of likely N-dealkylation sites (N-methyl/N-ethyl adjacent to an activating group) is 1. The zero-order valence-corrected chi connectivity index (χ0v) is 5.85. The molecule has 0 saturated carbocycles. The molecule has 0 bridgehead atoms. The molecule has 2 amide bonds. The van der Waals surface area contributed by atoms with Crippen LogP contribution in [-0.2, 0) is 0 Å². The third-order valence-corrected chi connectivity index (χ3v) is 1.66. The van der Waals surface area contributed by atoms with Crippen molar-refractivity contribution in [2.45, 2.75) is 19.4 Å². The van der Waals surface area contributed by atoms with Crippen LogP contribution in [0.1, 0.15) is 13.3 Å². The first-order valence-corrected chi connectivity index (χ1v) is 3.25. The molecule has 0 unspecified atom stereocenters. The number of carbonyl (C=O) groups excluding carboxylic acids is 1. The van der Waals surface area contributed by atoms with E-state index in [0.717, 1.165) is 13.0 Å². The van der Waals surface area contributed by atoms with Gasteiger partial charge in [0.15, 0.2) is 0 Å². The van der Waals surface area contributed by atoms with Gasteiger partial charge in [-0.05, 0) is 6.42 Å². The van der Waals surface area contributed by atoms with E-state index in [9.17, 15) is 4.79 Å². The van der Waals surface area contributed by atoms with Crippen molar-refractivity contribution in [1.29, 1.82) is 0 Å².